The molecule has 1 amide bonds. The summed E-state index contributed by atoms with van der Waals surface area (Å²) in [6, 6.07) is 15.9. The minimum atomic E-state index is -0.108. The van der Waals surface area contributed by atoms with Gasteiger partial charge in [0.1, 0.15) is 5.75 Å². The van der Waals surface area contributed by atoms with Crippen LogP contribution in [0.3, 0.4) is 0 Å². The van der Waals surface area contributed by atoms with Gasteiger partial charge in [-0.3, -0.25) is 4.79 Å². The molecule has 4 heteroatoms. The summed E-state index contributed by atoms with van der Waals surface area (Å²) in [6.45, 7) is 6.79. The minimum absolute atomic E-state index is 0.108. The standard InChI is InChI=1S/C21H26N2O2/c1-4-23(5-2)19-11-6-18(7-12-19)16-22-21(24)15-10-17-8-13-20(25-3)14-9-17/h6-15H,4-5,16H2,1-3H3,(H,22,24)/b15-10+. The normalized spacial score (nSPS) is 10.7. The Hall–Kier alpha value is -2.75. The molecule has 2 aromatic carbocycles. The van der Waals surface area contributed by atoms with Gasteiger partial charge in [0.15, 0.2) is 0 Å². The van der Waals surface area contributed by atoms with Gasteiger partial charge < -0.3 is 15.0 Å². The Balaban J connectivity index is 1.85. The van der Waals surface area contributed by atoms with Gasteiger partial charge in [-0.1, -0.05) is 24.3 Å². The summed E-state index contributed by atoms with van der Waals surface area (Å²) in [4.78, 5) is 14.2. The predicted molar refractivity (Wildman–Crippen MR) is 104 cm³/mol. The molecule has 1 N–H and O–H groups in total. The van der Waals surface area contributed by atoms with Crippen LogP contribution < -0.4 is 15.0 Å². The highest BCUT2D eigenvalue weighted by Crippen LogP contribution is 2.15. The van der Waals surface area contributed by atoms with E-state index in [4.69, 9.17) is 4.74 Å². The summed E-state index contributed by atoms with van der Waals surface area (Å²) in [7, 11) is 1.63. The first-order chi connectivity index (χ1) is 12.2. The summed E-state index contributed by atoms with van der Waals surface area (Å²) < 4.78 is 5.11. The van der Waals surface area contributed by atoms with Gasteiger partial charge in [-0.05, 0) is 55.3 Å². The van der Waals surface area contributed by atoms with Crippen LogP contribution in [0.4, 0.5) is 5.69 Å². The fraction of sp³-hybridized carbons (Fsp3) is 0.286. The highest BCUT2D eigenvalue weighted by Gasteiger charge is 2.02. The molecule has 0 fully saturated rings. The summed E-state index contributed by atoms with van der Waals surface area (Å²) >= 11 is 0. The molecule has 25 heavy (non-hydrogen) atoms. The molecule has 0 heterocycles. The number of benzene rings is 2. The molecule has 0 aliphatic carbocycles. The minimum Gasteiger partial charge on any atom is -0.497 e. The molecular formula is C21H26N2O2. The van der Waals surface area contributed by atoms with Crippen molar-refractivity contribution in [2.75, 3.05) is 25.1 Å². The average Bonchev–Trinajstić information content (AvgIpc) is 2.67. The van der Waals surface area contributed by atoms with Gasteiger partial charge >= 0.3 is 0 Å². The number of ether oxygens (including phenoxy) is 1. The van der Waals surface area contributed by atoms with Crippen molar-refractivity contribution in [2.45, 2.75) is 20.4 Å². The van der Waals surface area contributed by atoms with E-state index in [0.29, 0.717) is 6.54 Å². The zero-order valence-corrected chi connectivity index (χ0v) is 15.2. The topological polar surface area (TPSA) is 41.6 Å². The highest BCUT2D eigenvalue weighted by molar-refractivity contribution is 5.91. The monoisotopic (exact) mass is 338 g/mol. The molecule has 0 aromatic heterocycles. The maximum absolute atomic E-state index is 11.9. The van der Waals surface area contributed by atoms with Crippen molar-refractivity contribution in [3.05, 3.63) is 65.7 Å². The van der Waals surface area contributed by atoms with Gasteiger partial charge in [-0.15, -0.1) is 0 Å². The number of amides is 1. The van der Waals surface area contributed by atoms with Gasteiger partial charge in [0.2, 0.25) is 5.91 Å². The van der Waals surface area contributed by atoms with E-state index in [1.54, 1.807) is 19.3 Å². The van der Waals surface area contributed by atoms with Crippen LogP contribution in [0, 0.1) is 0 Å². The third kappa shape index (κ3) is 5.68. The number of nitrogens with one attached hydrogen (secondary N) is 1. The Bertz CT molecular complexity index is 687. The van der Waals surface area contributed by atoms with Crippen LogP contribution in [0.1, 0.15) is 25.0 Å². The first-order valence-corrected chi connectivity index (χ1v) is 8.60. The Morgan fingerprint density at radius 1 is 1.04 bits per heavy atom. The van der Waals surface area contributed by atoms with Gasteiger partial charge in [0, 0.05) is 31.4 Å². The Morgan fingerprint density at radius 3 is 2.24 bits per heavy atom. The smallest absolute Gasteiger partial charge is 0.244 e. The van der Waals surface area contributed by atoms with E-state index in [1.807, 2.05) is 24.3 Å². The molecule has 4 nitrogen and oxygen atoms in total. The summed E-state index contributed by atoms with van der Waals surface area (Å²) in [6.07, 6.45) is 3.34. The van der Waals surface area contributed by atoms with E-state index < -0.39 is 0 Å². The van der Waals surface area contributed by atoms with Crippen molar-refractivity contribution >= 4 is 17.7 Å². The van der Waals surface area contributed by atoms with Gasteiger partial charge in [0.25, 0.3) is 0 Å². The van der Waals surface area contributed by atoms with E-state index >= 15 is 0 Å². The van der Waals surface area contributed by atoms with Crippen molar-refractivity contribution < 1.29 is 9.53 Å². The lowest BCUT2D eigenvalue weighted by atomic mass is 10.2. The molecule has 0 radical (unpaired) electrons. The average molecular weight is 338 g/mol. The van der Waals surface area contributed by atoms with Crippen molar-refractivity contribution in [3.63, 3.8) is 0 Å². The molecule has 0 saturated heterocycles. The van der Waals surface area contributed by atoms with Crippen LogP contribution in [0.2, 0.25) is 0 Å². The quantitative estimate of drug-likeness (QED) is 0.743. The molecule has 0 aliphatic rings. The number of rotatable bonds is 8. The maximum Gasteiger partial charge on any atom is 0.244 e. The van der Waals surface area contributed by atoms with Crippen LogP contribution >= 0.6 is 0 Å². The molecule has 0 saturated carbocycles. The second-order valence-corrected chi connectivity index (χ2v) is 5.66. The van der Waals surface area contributed by atoms with E-state index in [1.165, 1.54) is 5.69 Å². The number of carbonyl (C=O) groups is 1. The fourth-order valence-electron chi connectivity index (χ4n) is 2.55. The SMILES string of the molecule is CCN(CC)c1ccc(CNC(=O)/C=C/c2ccc(OC)cc2)cc1. The van der Waals surface area contributed by atoms with Crippen molar-refractivity contribution in [1.82, 2.24) is 5.32 Å². The number of methoxy groups -OCH3 is 1. The second kappa shape index (κ2) is 9.52. The van der Waals surface area contributed by atoms with Gasteiger partial charge in [0.05, 0.1) is 7.11 Å². The Labute approximate surface area is 150 Å². The molecule has 0 bridgehead atoms. The number of hydrogen-bond donors (Lipinski definition) is 1. The molecule has 2 aromatic rings. The van der Waals surface area contributed by atoms with Crippen molar-refractivity contribution in [3.8, 4) is 5.75 Å². The highest BCUT2D eigenvalue weighted by atomic mass is 16.5. The first-order valence-electron chi connectivity index (χ1n) is 8.60. The maximum atomic E-state index is 11.9. The molecule has 0 spiro atoms. The number of nitrogens with zero attached hydrogens (tertiary/aromatic N) is 1. The number of carbonyl (C=O) groups excluding carboxylic acids is 1. The number of anilines is 1. The summed E-state index contributed by atoms with van der Waals surface area (Å²) in [5, 5.41) is 2.90. The van der Waals surface area contributed by atoms with E-state index in [0.717, 1.165) is 30.0 Å². The van der Waals surface area contributed by atoms with Gasteiger partial charge in [-0.2, -0.15) is 0 Å². The fourth-order valence-corrected chi connectivity index (χ4v) is 2.55. The molecule has 0 unspecified atom stereocenters. The largest absolute Gasteiger partial charge is 0.497 e. The zero-order chi connectivity index (χ0) is 18.1. The second-order valence-electron chi connectivity index (χ2n) is 5.66. The van der Waals surface area contributed by atoms with E-state index in [2.05, 4.69) is 48.3 Å². The van der Waals surface area contributed by atoms with Crippen LogP contribution in [-0.4, -0.2) is 26.1 Å². The van der Waals surface area contributed by atoms with Crippen LogP contribution in [-0.2, 0) is 11.3 Å². The first kappa shape index (κ1) is 18.6. The summed E-state index contributed by atoms with van der Waals surface area (Å²) in [5.41, 5.74) is 3.25. The van der Waals surface area contributed by atoms with Gasteiger partial charge in [-0.25, -0.2) is 0 Å². The van der Waals surface area contributed by atoms with Crippen LogP contribution in [0.5, 0.6) is 5.75 Å². The molecule has 0 aliphatic heterocycles. The predicted octanol–water partition coefficient (Wildman–Crippen LogP) is 3.87. The Kier molecular flexibility index (Phi) is 7.08. The lowest BCUT2D eigenvalue weighted by Gasteiger charge is -2.21. The zero-order valence-electron chi connectivity index (χ0n) is 15.2. The van der Waals surface area contributed by atoms with Crippen LogP contribution in [0.25, 0.3) is 6.08 Å². The molecular weight excluding hydrogens is 312 g/mol. The molecule has 132 valence electrons. The number of hydrogen-bond acceptors (Lipinski definition) is 3. The third-order valence-electron chi connectivity index (χ3n) is 4.07. The molecule has 0 atom stereocenters. The third-order valence-corrected chi connectivity index (χ3v) is 4.07. The lowest BCUT2D eigenvalue weighted by Crippen LogP contribution is -2.22. The van der Waals surface area contributed by atoms with E-state index in [-0.39, 0.29) is 5.91 Å². The van der Waals surface area contributed by atoms with E-state index in [9.17, 15) is 4.79 Å². The lowest BCUT2D eigenvalue weighted by molar-refractivity contribution is -0.116. The van der Waals surface area contributed by atoms with Crippen molar-refractivity contribution in [1.29, 1.82) is 0 Å². The van der Waals surface area contributed by atoms with Crippen molar-refractivity contribution in [2.24, 2.45) is 0 Å². The summed E-state index contributed by atoms with van der Waals surface area (Å²) in [5.74, 6) is 0.693. The Morgan fingerprint density at radius 2 is 1.68 bits per heavy atom. The van der Waals surface area contributed by atoms with Crippen LogP contribution in [0.15, 0.2) is 54.6 Å². The molecule has 2 rings (SSSR count).